The average molecular weight is 351 g/mol. The second-order valence-corrected chi connectivity index (χ2v) is 6.69. The van der Waals surface area contributed by atoms with Crippen LogP contribution in [-0.4, -0.2) is 0 Å². The Kier molecular flexibility index (Phi) is 4.17. The van der Waals surface area contributed by atoms with E-state index in [2.05, 4.69) is 97.4 Å². The lowest BCUT2D eigenvalue weighted by Crippen LogP contribution is -1.91. The molecule has 0 spiro atoms. The number of benzene rings is 3. The number of rotatable bonds is 2. The van der Waals surface area contributed by atoms with Crippen molar-refractivity contribution in [2.75, 3.05) is 0 Å². The largest absolute Gasteiger partial charge is 0.0622 e. The van der Waals surface area contributed by atoms with Gasteiger partial charge < -0.3 is 0 Å². The summed E-state index contributed by atoms with van der Waals surface area (Å²) in [6.45, 7) is 6.54. The van der Waals surface area contributed by atoms with Crippen LogP contribution < -0.4 is 0 Å². The molecule has 0 fully saturated rings. The number of aryl methyl sites for hydroxylation is 3. The molecule has 0 saturated carbocycles. The highest BCUT2D eigenvalue weighted by molar-refractivity contribution is 9.10. The summed E-state index contributed by atoms with van der Waals surface area (Å²) < 4.78 is 1.13. The van der Waals surface area contributed by atoms with Crippen molar-refractivity contribution in [3.63, 3.8) is 0 Å². The zero-order valence-electron chi connectivity index (χ0n) is 13.2. The van der Waals surface area contributed by atoms with E-state index in [0.717, 1.165) is 4.47 Å². The summed E-state index contributed by atoms with van der Waals surface area (Å²) in [4.78, 5) is 0. The summed E-state index contributed by atoms with van der Waals surface area (Å²) in [5.74, 6) is 0. The molecule has 0 aliphatic rings. The van der Waals surface area contributed by atoms with Gasteiger partial charge in [-0.15, -0.1) is 0 Å². The maximum absolute atomic E-state index is 3.69. The van der Waals surface area contributed by atoms with Gasteiger partial charge in [0.05, 0.1) is 0 Å². The van der Waals surface area contributed by atoms with Crippen LogP contribution in [0.4, 0.5) is 0 Å². The molecule has 0 saturated heterocycles. The van der Waals surface area contributed by atoms with Crippen LogP contribution >= 0.6 is 15.9 Å². The molecule has 0 bridgehead atoms. The molecule has 3 aromatic carbocycles. The van der Waals surface area contributed by atoms with Crippen molar-refractivity contribution < 1.29 is 0 Å². The van der Waals surface area contributed by atoms with E-state index in [4.69, 9.17) is 0 Å². The summed E-state index contributed by atoms with van der Waals surface area (Å²) in [6, 6.07) is 21.7. The van der Waals surface area contributed by atoms with Crippen molar-refractivity contribution in [1.29, 1.82) is 0 Å². The van der Waals surface area contributed by atoms with Gasteiger partial charge in [0.2, 0.25) is 0 Å². The van der Waals surface area contributed by atoms with Crippen LogP contribution in [-0.2, 0) is 0 Å². The Hall–Kier alpha value is -1.86. The monoisotopic (exact) mass is 350 g/mol. The molecule has 0 heterocycles. The lowest BCUT2D eigenvalue weighted by Gasteiger charge is -2.14. The number of hydrogen-bond donors (Lipinski definition) is 0. The molecule has 3 rings (SSSR count). The fourth-order valence-corrected chi connectivity index (χ4v) is 3.63. The zero-order chi connectivity index (χ0) is 15.7. The highest BCUT2D eigenvalue weighted by Crippen LogP contribution is 2.35. The van der Waals surface area contributed by atoms with Gasteiger partial charge in [0.15, 0.2) is 0 Å². The van der Waals surface area contributed by atoms with Crippen LogP contribution in [0.3, 0.4) is 0 Å². The van der Waals surface area contributed by atoms with E-state index in [0.29, 0.717) is 0 Å². The fraction of sp³-hybridized carbons (Fsp3) is 0.143. The van der Waals surface area contributed by atoms with Gasteiger partial charge in [0.1, 0.15) is 0 Å². The Morgan fingerprint density at radius 2 is 1.32 bits per heavy atom. The van der Waals surface area contributed by atoms with Gasteiger partial charge in [-0.25, -0.2) is 0 Å². The van der Waals surface area contributed by atoms with Crippen LogP contribution in [0.1, 0.15) is 16.7 Å². The van der Waals surface area contributed by atoms with Crippen LogP contribution in [0, 0.1) is 20.8 Å². The van der Waals surface area contributed by atoms with Crippen LogP contribution in [0.15, 0.2) is 65.1 Å². The van der Waals surface area contributed by atoms with E-state index in [-0.39, 0.29) is 0 Å². The molecule has 110 valence electrons. The first-order valence-corrected chi connectivity index (χ1v) is 8.29. The maximum Gasteiger partial charge on any atom is 0.0254 e. The fourth-order valence-electron chi connectivity index (χ4n) is 3.16. The van der Waals surface area contributed by atoms with Gasteiger partial charge in [0, 0.05) is 4.47 Å². The topological polar surface area (TPSA) is 0 Å². The average Bonchev–Trinajstić information content (AvgIpc) is 2.49. The predicted molar refractivity (Wildman–Crippen MR) is 99.2 cm³/mol. The molecule has 0 N–H and O–H groups in total. The molecule has 0 radical (unpaired) electrons. The molecule has 0 unspecified atom stereocenters. The highest BCUT2D eigenvalue weighted by atomic mass is 79.9. The van der Waals surface area contributed by atoms with Crippen molar-refractivity contribution in [1.82, 2.24) is 0 Å². The third-order valence-electron chi connectivity index (χ3n) is 4.02. The predicted octanol–water partition coefficient (Wildman–Crippen LogP) is 6.71. The van der Waals surface area contributed by atoms with E-state index >= 15 is 0 Å². The Bertz CT molecular complexity index is 794. The van der Waals surface area contributed by atoms with E-state index in [9.17, 15) is 0 Å². The minimum Gasteiger partial charge on any atom is -0.0622 e. The minimum absolute atomic E-state index is 1.13. The first-order chi connectivity index (χ1) is 10.6. The summed E-state index contributed by atoms with van der Waals surface area (Å²) in [7, 11) is 0. The molecule has 1 heteroatoms. The van der Waals surface area contributed by atoms with Gasteiger partial charge in [-0.2, -0.15) is 0 Å². The van der Waals surface area contributed by atoms with Crippen molar-refractivity contribution >= 4 is 15.9 Å². The van der Waals surface area contributed by atoms with Gasteiger partial charge in [-0.3, -0.25) is 0 Å². The molecule has 0 aliphatic carbocycles. The third kappa shape index (κ3) is 2.86. The smallest absolute Gasteiger partial charge is 0.0254 e. The molecular formula is C21H19Br. The first kappa shape index (κ1) is 15.1. The Morgan fingerprint density at radius 3 is 1.95 bits per heavy atom. The number of hydrogen-bond acceptors (Lipinski definition) is 0. The second-order valence-electron chi connectivity index (χ2n) is 5.83. The van der Waals surface area contributed by atoms with E-state index in [1.165, 1.54) is 38.9 Å². The number of halogens is 1. The Morgan fingerprint density at radius 1 is 0.682 bits per heavy atom. The Balaban J connectivity index is 2.19. The standard InChI is InChI=1S/C21H19Br/c1-14-11-15(2)21(16(3)12-14)18-9-10-20(22)19(13-18)17-7-5-4-6-8-17/h4-13H,1-3H3. The summed E-state index contributed by atoms with van der Waals surface area (Å²) in [5, 5.41) is 0. The van der Waals surface area contributed by atoms with Crippen molar-refractivity contribution in [3.8, 4) is 22.3 Å². The normalized spacial score (nSPS) is 10.7. The van der Waals surface area contributed by atoms with Gasteiger partial charge >= 0.3 is 0 Å². The van der Waals surface area contributed by atoms with Crippen LogP contribution in [0.25, 0.3) is 22.3 Å². The molecule has 0 amide bonds. The zero-order valence-corrected chi connectivity index (χ0v) is 14.7. The minimum atomic E-state index is 1.13. The SMILES string of the molecule is Cc1cc(C)c(-c2ccc(Br)c(-c3ccccc3)c2)c(C)c1. The third-order valence-corrected chi connectivity index (χ3v) is 4.71. The molecular weight excluding hydrogens is 332 g/mol. The lowest BCUT2D eigenvalue weighted by atomic mass is 9.92. The van der Waals surface area contributed by atoms with Gasteiger partial charge in [0.25, 0.3) is 0 Å². The maximum atomic E-state index is 3.69. The molecule has 3 aromatic rings. The first-order valence-electron chi connectivity index (χ1n) is 7.49. The van der Waals surface area contributed by atoms with Crippen molar-refractivity contribution in [2.24, 2.45) is 0 Å². The van der Waals surface area contributed by atoms with E-state index in [1.54, 1.807) is 0 Å². The van der Waals surface area contributed by atoms with Crippen molar-refractivity contribution in [3.05, 3.63) is 81.8 Å². The van der Waals surface area contributed by atoms with Gasteiger partial charge in [-0.1, -0.05) is 70.0 Å². The van der Waals surface area contributed by atoms with Crippen LogP contribution in [0.5, 0.6) is 0 Å². The lowest BCUT2D eigenvalue weighted by molar-refractivity contribution is 1.32. The highest BCUT2D eigenvalue weighted by Gasteiger charge is 2.10. The molecule has 22 heavy (non-hydrogen) atoms. The summed E-state index contributed by atoms with van der Waals surface area (Å²) in [6.07, 6.45) is 0. The molecule has 0 atom stereocenters. The summed E-state index contributed by atoms with van der Waals surface area (Å²) in [5.41, 5.74) is 9.07. The van der Waals surface area contributed by atoms with Gasteiger partial charge in [-0.05, 0) is 66.3 Å². The summed E-state index contributed by atoms with van der Waals surface area (Å²) >= 11 is 3.69. The quantitative estimate of drug-likeness (QED) is 0.481. The van der Waals surface area contributed by atoms with E-state index in [1.807, 2.05) is 0 Å². The Labute approximate surface area is 141 Å². The molecule has 0 nitrogen and oxygen atoms in total. The molecule has 0 aromatic heterocycles. The van der Waals surface area contributed by atoms with Crippen molar-refractivity contribution in [2.45, 2.75) is 20.8 Å². The van der Waals surface area contributed by atoms with Crippen LogP contribution in [0.2, 0.25) is 0 Å². The second kappa shape index (κ2) is 6.10. The molecule has 0 aliphatic heterocycles. The van der Waals surface area contributed by atoms with E-state index < -0.39 is 0 Å².